The van der Waals surface area contributed by atoms with Gasteiger partial charge in [-0.15, -0.1) is 0 Å². The van der Waals surface area contributed by atoms with Crippen LogP contribution in [0.15, 0.2) is 89.3 Å². The van der Waals surface area contributed by atoms with Gasteiger partial charge in [0.2, 0.25) is 0 Å². The molecule has 126 valence electrons. The van der Waals surface area contributed by atoms with E-state index in [9.17, 15) is 5.26 Å². The maximum absolute atomic E-state index is 9.46. The SMILES string of the molecule is N#Cc1cc(-c2cccc(-c3ccccc3)n2)c2c(c1)oc1ccccc12. The van der Waals surface area contributed by atoms with Crippen molar-refractivity contribution in [3.05, 3.63) is 90.5 Å². The maximum Gasteiger partial charge on any atom is 0.137 e. The van der Waals surface area contributed by atoms with Crippen LogP contribution in [0.1, 0.15) is 5.56 Å². The van der Waals surface area contributed by atoms with Gasteiger partial charge in [-0.2, -0.15) is 5.26 Å². The summed E-state index contributed by atoms with van der Waals surface area (Å²) in [4.78, 5) is 4.87. The molecule has 27 heavy (non-hydrogen) atoms. The van der Waals surface area contributed by atoms with E-state index in [2.05, 4.69) is 6.07 Å². The van der Waals surface area contributed by atoms with Crippen LogP contribution in [-0.4, -0.2) is 4.98 Å². The average molecular weight is 346 g/mol. The van der Waals surface area contributed by atoms with Crippen molar-refractivity contribution in [3.8, 4) is 28.6 Å². The van der Waals surface area contributed by atoms with Crippen LogP contribution < -0.4 is 0 Å². The molecule has 0 bridgehead atoms. The molecule has 5 rings (SSSR count). The van der Waals surface area contributed by atoms with Crippen LogP contribution >= 0.6 is 0 Å². The minimum absolute atomic E-state index is 0.559. The molecular formula is C24H14N2O. The van der Waals surface area contributed by atoms with E-state index in [1.807, 2.05) is 78.9 Å². The topological polar surface area (TPSA) is 49.8 Å². The van der Waals surface area contributed by atoms with E-state index in [1.165, 1.54) is 0 Å². The molecule has 0 N–H and O–H groups in total. The Morgan fingerprint density at radius 1 is 0.741 bits per heavy atom. The number of fused-ring (bicyclic) bond motifs is 3. The summed E-state index contributed by atoms with van der Waals surface area (Å²) in [7, 11) is 0. The lowest BCUT2D eigenvalue weighted by Gasteiger charge is -2.07. The highest BCUT2D eigenvalue weighted by Gasteiger charge is 2.15. The molecular weight excluding hydrogens is 332 g/mol. The molecule has 3 nitrogen and oxygen atoms in total. The number of nitriles is 1. The third-order valence-corrected chi connectivity index (χ3v) is 4.70. The number of hydrogen-bond acceptors (Lipinski definition) is 3. The molecule has 2 aromatic heterocycles. The van der Waals surface area contributed by atoms with Gasteiger partial charge in [-0.05, 0) is 30.3 Å². The van der Waals surface area contributed by atoms with E-state index in [0.717, 1.165) is 38.9 Å². The number of hydrogen-bond donors (Lipinski definition) is 0. The average Bonchev–Trinajstić information content (AvgIpc) is 3.12. The van der Waals surface area contributed by atoms with Gasteiger partial charge in [-0.3, -0.25) is 0 Å². The Labute approximate surface area is 156 Å². The molecule has 5 aromatic rings. The molecule has 0 fully saturated rings. The smallest absolute Gasteiger partial charge is 0.137 e. The largest absolute Gasteiger partial charge is 0.456 e. The molecule has 0 spiro atoms. The summed E-state index contributed by atoms with van der Waals surface area (Å²) in [5.41, 5.74) is 5.76. The molecule has 0 unspecified atom stereocenters. The molecule has 0 radical (unpaired) electrons. The minimum atomic E-state index is 0.559. The summed E-state index contributed by atoms with van der Waals surface area (Å²) in [6.45, 7) is 0. The first-order valence-electron chi connectivity index (χ1n) is 8.72. The Bertz CT molecular complexity index is 1330. The summed E-state index contributed by atoms with van der Waals surface area (Å²) in [6, 6.07) is 29.9. The summed E-state index contributed by atoms with van der Waals surface area (Å²) in [6.07, 6.45) is 0. The second kappa shape index (κ2) is 6.12. The first-order chi connectivity index (χ1) is 13.3. The fourth-order valence-corrected chi connectivity index (χ4v) is 3.48. The molecule has 0 amide bonds. The highest BCUT2D eigenvalue weighted by atomic mass is 16.3. The second-order valence-electron chi connectivity index (χ2n) is 6.38. The number of nitrogens with zero attached hydrogens (tertiary/aromatic N) is 2. The molecule has 0 aliphatic carbocycles. The van der Waals surface area contributed by atoms with Gasteiger partial charge < -0.3 is 4.42 Å². The van der Waals surface area contributed by atoms with Crippen molar-refractivity contribution < 1.29 is 4.42 Å². The Kier molecular flexibility index (Phi) is 3.48. The van der Waals surface area contributed by atoms with Crippen molar-refractivity contribution in [2.75, 3.05) is 0 Å². The van der Waals surface area contributed by atoms with Gasteiger partial charge in [0.15, 0.2) is 0 Å². The van der Waals surface area contributed by atoms with Gasteiger partial charge in [0, 0.05) is 21.9 Å². The molecule has 3 heteroatoms. The lowest BCUT2D eigenvalue weighted by atomic mass is 10.00. The number of pyridine rings is 1. The summed E-state index contributed by atoms with van der Waals surface area (Å²) in [5, 5.41) is 11.5. The van der Waals surface area contributed by atoms with Gasteiger partial charge in [-0.1, -0.05) is 54.6 Å². The fourth-order valence-electron chi connectivity index (χ4n) is 3.48. The minimum Gasteiger partial charge on any atom is -0.456 e. The summed E-state index contributed by atoms with van der Waals surface area (Å²) < 4.78 is 5.99. The van der Waals surface area contributed by atoms with E-state index >= 15 is 0 Å². The quantitative estimate of drug-likeness (QED) is 0.383. The predicted octanol–water partition coefficient (Wildman–Crippen LogP) is 6.19. The number of furan rings is 1. The zero-order chi connectivity index (χ0) is 18.2. The standard InChI is InChI=1S/C24H14N2O/c25-15-16-13-19(24-18-9-4-5-12-22(18)27-23(24)14-16)21-11-6-10-20(26-21)17-7-2-1-3-8-17/h1-14H. The van der Waals surface area contributed by atoms with Crippen LogP contribution in [0.5, 0.6) is 0 Å². The Hall–Kier alpha value is -3.90. The maximum atomic E-state index is 9.46. The van der Waals surface area contributed by atoms with Gasteiger partial charge in [0.1, 0.15) is 11.2 Å². The molecule has 3 aromatic carbocycles. The van der Waals surface area contributed by atoms with Crippen LogP contribution in [0, 0.1) is 11.3 Å². The highest BCUT2D eigenvalue weighted by molar-refractivity contribution is 6.12. The van der Waals surface area contributed by atoms with Crippen molar-refractivity contribution in [2.24, 2.45) is 0 Å². The van der Waals surface area contributed by atoms with Gasteiger partial charge in [0.25, 0.3) is 0 Å². The van der Waals surface area contributed by atoms with Crippen molar-refractivity contribution in [2.45, 2.75) is 0 Å². The molecule has 0 aliphatic heterocycles. The number of rotatable bonds is 2. The van der Waals surface area contributed by atoms with Crippen LogP contribution in [0.4, 0.5) is 0 Å². The van der Waals surface area contributed by atoms with E-state index in [0.29, 0.717) is 11.1 Å². The van der Waals surface area contributed by atoms with E-state index < -0.39 is 0 Å². The lowest BCUT2D eigenvalue weighted by molar-refractivity contribution is 0.669. The fraction of sp³-hybridized carbons (Fsp3) is 0. The molecule has 0 aliphatic rings. The molecule has 0 saturated carbocycles. The zero-order valence-corrected chi connectivity index (χ0v) is 14.4. The van der Waals surface area contributed by atoms with Crippen LogP contribution in [-0.2, 0) is 0 Å². The van der Waals surface area contributed by atoms with Crippen LogP contribution in [0.3, 0.4) is 0 Å². The second-order valence-corrected chi connectivity index (χ2v) is 6.38. The zero-order valence-electron chi connectivity index (χ0n) is 14.4. The first-order valence-corrected chi connectivity index (χ1v) is 8.72. The first kappa shape index (κ1) is 15.4. The summed E-state index contributed by atoms with van der Waals surface area (Å²) in [5.74, 6) is 0. The number of benzene rings is 3. The summed E-state index contributed by atoms with van der Waals surface area (Å²) >= 11 is 0. The van der Waals surface area contributed by atoms with Crippen LogP contribution in [0.2, 0.25) is 0 Å². The number of aromatic nitrogens is 1. The monoisotopic (exact) mass is 346 g/mol. The van der Waals surface area contributed by atoms with Crippen LogP contribution in [0.25, 0.3) is 44.5 Å². The van der Waals surface area contributed by atoms with Gasteiger partial charge in [-0.25, -0.2) is 4.98 Å². The third kappa shape index (κ3) is 2.56. The Morgan fingerprint density at radius 3 is 2.37 bits per heavy atom. The normalized spacial score (nSPS) is 10.9. The van der Waals surface area contributed by atoms with E-state index in [4.69, 9.17) is 9.40 Å². The van der Waals surface area contributed by atoms with Crippen molar-refractivity contribution in [1.29, 1.82) is 5.26 Å². The van der Waals surface area contributed by atoms with Crippen molar-refractivity contribution >= 4 is 21.9 Å². The van der Waals surface area contributed by atoms with Gasteiger partial charge in [0.05, 0.1) is 23.0 Å². The molecule has 2 heterocycles. The third-order valence-electron chi connectivity index (χ3n) is 4.70. The van der Waals surface area contributed by atoms with Crippen molar-refractivity contribution in [1.82, 2.24) is 4.98 Å². The predicted molar refractivity (Wildman–Crippen MR) is 107 cm³/mol. The Morgan fingerprint density at radius 2 is 1.52 bits per heavy atom. The lowest BCUT2D eigenvalue weighted by Crippen LogP contribution is -1.89. The Balaban J connectivity index is 1.81. The van der Waals surface area contributed by atoms with Gasteiger partial charge >= 0.3 is 0 Å². The molecule has 0 atom stereocenters. The number of para-hydroxylation sites is 1. The van der Waals surface area contributed by atoms with Crippen molar-refractivity contribution in [3.63, 3.8) is 0 Å². The van der Waals surface area contributed by atoms with E-state index in [1.54, 1.807) is 6.07 Å². The highest BCUT2D eigenvalue weighted by Crippen LogP contribution is 2.37. The van der Waals surface area contributed by atoms with E-state index in [-0.39, 0.29) is 0 Å². The molecule has 0 saturated heterocycles.